The van der Waals surface area contributed by atoms with E-state index < -0.39 is 18.0 Å². The van der Waals surface area contributed by atoms with E-state index in [1.807, 2.05) is 6.92 Å². The highest BCUT2D eigenvalue weighted by molar-refractivity contribution is 5.89. The first-order chi connectivity index (χ1) is 9.40. The van der Waals surface area contributed by atoms with E-state index in [0.29, 0.717) is 5.56 Å². The van der Waals surface area contributed by atoms with Crippen LogP contribution in [0.5, 0.6) is 0 Å². The number of rotatable bonds is 6. The van der Waals surface area contributed by atoms with Gasteiger partial charge in [-0.1, -0.05) is 24.3 Å². The molecule has 108 valence electrons. The second-order valence-electron chi connectivity index (χ2n) is 4.50. The van der Waals surface area contributed by atoms with Gasteiger partial charge in [-0.05, 0) is 26.0 Å². The third kappa shape index (κ3) is 5.24. The Kier molecular flexibility index (Phi) is 5.93. The maximum absolute atomic E-state index is 11.7. The van der Waals surface area contributed by atoms with E-state index >= 15 is 0 Å². The number of carbonyl (C=O) groups excluding carboxylic acids is 2. The highest BCUT2D eigenvalue weighted by atomic mass is 16.6. The van der Waals surface area contributed by atoms with Gasteiger partial charge in [0.25, 0.3) is 0 Å². The molecule has 5 nitrogen and oxygen atoms in total. The van der Waals surface area contributed by atoms with Gasteiger partial charge in [0.15, 0.2) is 0 Å². The number of aryl methyl sites for hydroxylation is 1. The number of ether oxygens (including phenoxy) is 2. The molecule has 0 saturated carbocycles. The van der Waals surface area contributed by atoms with Crippen LogP contribution >= 0.6 is 0 Å². The van der Waals surface area contributed by atoms with Gasteiger partial charge in [-0.15, -0.1) is 0 Å². The normalized spacial score (nSPS) is 11.6. The van der Waals surface area contributed by atoms with E-state index in [2.05, 4.69) is 6.58 Å². The summed E-state index contributed by atoms with van der Waals surface area (Å²) in [5.74, 6) is -1.12. The van der Waals surface area contributed by atoms with E-state index in [0.717, 1.165) is 5.56 Å². The Morgan fingerprint density at radius 3 is 2.30 bits per heavy atom. The lowest BCUT2D eigenvalue weighted by atomic mass is 10.1. The van der Waals surface area contributed by atoms with Gasteiger partial charge in [0, 0.05) is 5.57 Å². The van der Waals surface area contributed by atoms with Gasteiger partial charge in [0.1, 0.15) is 19.3 Å². The molecule has 0 saturated heterocycles. The van der Waals surface area contributed by atoms with E-state index in [4.69, 9.17) is 9.47 Å². The molecular weight excluding hydrogens is 260 g/mol. The largest absolute Gasteiger partial charge is 0.459 e. The first-order valence-electron chi connectivity index (χ1n) is 6.14. The van der Waals surface area contributed by atoms with Crippen LogP contribution in [0.25, 0.3) is 0 Å². The monoisotopic (exact) mass is 278 g/mol. The number of hydrogen-bond donors (Lipinski definition) is 1. The summed E-state index contributed by atoms with van der Waals surface area (Å²) in [5.41, 5.74) is 1.68. The lowest BCUT2D eigenvalue weighted by Gasteiger charge is -2.12. The Labute approximate surface area is 117 Å². The Balaban J connectivity index is 2.35. The SMILES string of the molecule is C=C(C)C(=O)OCC(O)COC(=O)c1ccc(C)cc1. The number of benzene rings is 1. The molecule has 0 spiro atoms. The summed E-state index contributed by atoms with van der Waals surface area (Å²) in [6.07, 6.45) is -1.06. The van der Waals surface area contributed by atoms with Crippen LogP contribution in [-0.2, 0) is 14.3 Å². The standard InChI is InChI=1S/C15H18O5/c1-10(2)14(17)19-8-13(16)9-20-15(18)12-6-4-11(3)5-7-12/h4-7,13,16H,1,8-9H2,2-3H3. The van der Waals surface area contributed by atoms with Crippen molar-refractivity contribution in [3.8, 4) is 0 Å². The van der Waals surface area contributed by atoms with Crippen LogP contribution in [0.3, 0.4) is 0 Å². The molecule has 1 unspecified atom stereocenters. The molecule has 0 radical (unpaired) electrons. The topological polar surface area (TPSA) is 72.8 Å². The van der Waals surface area contributed by atoms with E-state index in [1.54, 1.807) is 24.3 Å². The van der Waals surface area contributed by atoms with Crippen molar-refractivity contribution in [1.29, 1.82) is 0 Å². The third-order valence-electron chi connectivity index (χ3n) is 2.45. The summed E-state index contributed by atoms with van der Waals surface area (Å²) < 4.78 is 9.66. The second kappa shape index (κ2) is 7.45. The molecule has 0 aliphatic heterocycles. The van der Waals surface area contributed by atoms with Gasteiger partial charge in [0.2, 0.25) is 0 Å². The minimum Gasteiger partial charge on any atom is -0.459 e. The van der Waals surface area contributed by atoms with Gasteiger partial charge in [-0.3, -0.25) is 0 Å². The minimum absolute atomic E-state index is 0.240. The van der Waals surface area contributed by atoms with Crippen LogP contribution < -0.4 is 0 Å². The van der Waals surface area contributed by atoms with Crippen molar-refractivity contribution >= 4 is 11.9 Å². The van der Waals surface area contributed by atoms with Crippen molar-refractivity contribution in [2.24, 2.45) is 0 Å². The Bertz CT molecular complexity index is 489. The van der Waals surface area contributed by atoms with E-state index in [9.17, 15) is 14.7 Å². The third-order valence-corrected chi connectivity index (χ3v) is 2.45. The fourth-order valence-electron chi connectivity index (χ4n) is 1.29. The molecule has 0 fully saturated rings. The molecule has 20 heavy (non-hydrogen) atoms. The molecule has 5 heteroatoms. The molecule has 0 heterocycles. The first kappa shape index (κ1) is 15.9. The Morgan fingerprint density at radius 2 is 1.75 bits per heavy atom. The number of carbonyl (C=O) groups is 2. The van der Waals surface area contributed by atoms with E-state index in [-0.39, 0.29) is 18.8 Å². The van der Waals surface area contributed by atoms with Crippen molar-refractivity contribution in [1.82, 2.24) is 0 Å². The quantitative estimate of drug-likeness (QED) is 0.632. The molecular formula is C15H18O5. The van der Waals surface area contributed by atoms with Gasteiger partial charge >= 0.3 is 11.9 Å². The fraction of sp³-hybridized carbons (Fsp3) is 0.333. The minimum atomic E-state index is -1.06. The Morgan fingerprint density at radius 1 is 1.20 bits per heavy atom. The average molecular weight is 278 g/mol. The summed E-state index contributed by atoms with van der Waals surface area (Å²) in [6.45, 7) is 6.35. The van der Waals surface area contributed by atoms with Gasteiger partial charge in [-0.2, -0.15) is 0 Å². The van der Waals surface area contributed by atoms with Crippen LogP contribution in [0.2, 0.25) is 0 Å². The van der Waals surface area contributed by atoms with Gasteiger partial charge in [-0.25, -0.2) is 9.59 Å². The first-order valence-corrected chi connectivity index (χ1v) is 6.14. The van der Waals surface area contributed by atoms with Gasteiger partial charge in [0.05, 0.1) is 5.56 Å². The van der Waals surface area contributed by atoms with Crippen molar-refractivity contribution in [2.45, 2.75) is 20.0 Å². The molecule has 0 aromatic heterocycles. The highest BCUT2D eigenvalue weighted by Crippen LogP contribution is 2.05. The maximum atomic E-state index is 11.7. The molecule has 0 aliphatic carbocycles. The lowest BCUT2D eigenvalue weighted by molar-refractivity contribution is -0.142. The van der Waals surface area contributed by atoms with Crippen molar-refractivity contribution in [3.05, 3.63) is 47.5 Å². The molecule has 0 amide bonds. The average Bonchev–Trinajstić information content (AvgIpc) is 2.42. The zero-order valence-electron chi connectivity index (χ0n) is 11.6. The molecule has 1 aromatic carbocycles. The summed E-state index contributed by atoms with van der Waals surface area (Å²) >= 11 is 0. The summed E-state index contributed by atoms with van der Waals surface area (Å²) in [6, 6.07) is 6.87. The summed E-state index contributed by atoms with van der Waals surface area (Å²) in [5, 5.41) is 9.54. The number of esters is 2. The van der Waals surface area contributed by atoms with Crippen molar-refractivity contribution in [2.75, 3.05) is 13.2 Å². The van der Waals surface area contributed by atoms with Gasteiger partial charge < -0.3 is 14.6 Å². The highest BCUT2D eigenvalue weighted by Gasteiger charge is 2.13. The summed E-state index contributed by atoms with van der Waals surface area (Å²) in [4.78, 5) is 22.7. The molecule has 0 aliphatic rings. The second-order valence-corrected chi connectivity index (χ2v) is 4.50. The fourth-order valence-corrected chi connectivity index (χ4v) is 1.29. The molecule has 0 bridgehead atoms. The number of hydrogen-bond acceptors (Lipinski definition) is 5. The molecule has 1 atom stereocenters. The predicted octanol–water partition coefficient (Wildman–Crippen LogP) is 1.63. The van der Waals surface area contributed by atoms with Crippen molar-refractivity contribution < 1.29 is 24.2 Å². The van der Waals surface area contributed by atoms with Crippen LogP contribution in [-0.4, -0.2) is 36.4 Å². The zero-order valence-corrected chi connectivity index (χ0v) is 11.6. The van der Waals surface area contributed by atoms with Crippen molar-refractivity contribution in [3.63, 3.8) is 0 Å². The Hall–Kier alpha value is -2.14. The maximum Gasteiger partial charge on any atom is 0.338 e. The zero-order chi connectivity index (χ0) is 15.1. The van der Waals surface area contributed by atoms with Crippen LogP contribution in [0.15, 0.2) is 36.4 Å². The lowest BCUT2D eigenvalue weighted by Crippen LogP contribution is -2.25. The molecule has 1 rings (SSSR count). The van der Waals surface area contributed by atoms with E-state index in [1.165, 1.54) is 6.92 Å². The van der Waals surface area contributed by atoms with Crippen LogP contribution in [0, 0.1) is 6.92 Å². The molecule has 1 N–H and O–H groups in total. The summed E-state index contributed by atoms with van der Waals surface area (Å²) in [7, 11) is 0. The number of aliphatic hydroxyl groups excluding tert-OH is 1. The predicted molar refractivity (Wildman–Crippen MR) is 73.2 cm³/mol. The van der Waals surface area contributed by atoms with Crippen LogP contribution in [0.1, 0.15) is 22.8 Å². The smallest absolute Gasteiger partial charge is 0.338 e. The number of aliphatic hydroxyl groups is 1. The molecule has 1 aromatic rings. The van der Waals surface area contributed by atoms with Crippen LogP contribution in [0.4, 0.5) is 0 Å².